The topological polar surface area (TPSA) is 88.2 Å². The average Bonchev–Trinajstić information content (AvgIpc) is 3.08. The normalized spacial score (nSPS) is 20.0. The van der Waals surface area contributed by atoms with Gasteiger partial charge in [0, 0.05) is 42.2 Å². The molecule has 232 valence electrons. The lowest BCUT2D eigenvalue weighted by Gasteiger charge is -2.44. The van der Waals surface area contributed by atoms with Crippen LogP contribution in [0.25, 0.3) is 6.08 Å². The first kappa shape index (κ1) is 29.3. The maximum atomic E-state index is 14.2. The van der Waals surface area contributed by atoms with Gasteiger partial charge in [-0.05, 0) is 72.4 Å². The molecule has 1 N–H and O–H groups in total. The fraction of sp³-hybridized carbons (Fsp3) is 0.237. The number of amides is 4. The van der Waals surface area contributed by atoms with Crippen LogP contribution < -0.4 is 24.6 Å². The lowest BCUT2D eigenvalue weighted by molar-refractivity contribution is -0.122. The summed E-state index contributed by atoms with van der Waals surface area (Å²) in [7, 11) is 1.56. The summed E-state index contributed by atoms with van der Waals surface area (Å²) in [5.74, 6) is -0.205. The molecule has 3 aliphatic rings. The molecule has 0 bridgehead atoms. The average molecular weight is 614 g/mol. The van der Waals surface area contributed by atoms with Crippen LogP contribution in [0, 0.1) is 0 Å². The highest BCUT2D eigenvalue weighted by Gasteiger charge is 2.40. The molecule has 4 amide bonds. The van der Waals surface area contributed by atoms with Crippen molar-refractivity contribution < 1.29 is 23.9 Å². The van der Waals surface area contributed by atoms with Gasteiger partial charge in [0.1, 0.15) is 17.1 Å². The van der Waals surface area contributed by atoms with Crippen molar-refractivity contribution in [1.29, 1.82) is 0 Å². The highest BCUT2D eigenvalue weighted by Crippen LogP contribution is 2.50. The van der Waals surface area contributed by atoms with E-state index >= 15 is 0 Å². The molecule has 8 heteroatoms. The van der Waals surface area contributed by atoms with E-state index in [1.54, 1.807) is 25.3 Å². The largest absolute Gasteiger partial charge is 0.497 e. The molecule has 7 rings (SSSR count). The molecule has 3 heterocycles. The Morgan fingerprint density at radius 2 is 1.43 bits per heavy atom. The van der Waals surface area contributed by atoms with E-state index in [-0.39, 0.29) is 17.4 Å². The fourth-order valence-corrected chi connectivity index (χ4v) is 7.06. The number of ether oxygens (including phenoxy) is 2. The Morgan fingerprint density at radius 1 is 0.826 bits per heavy atom. The van der Waals surface area contributed by atoms with E-state index in [1.807, 2.05) is 55.5 Å². The SMILES string of the molecule is CCOc1cc(OC)ccc1/C=C1\C(=O)NC(=O)N(c2cc3c4c(c2)[C@H](c2ccccc2)CCN4CC[C@@H]3c2ccccc2)C1=O. The van der Waals surface area contributed by atoms with Crippen LogP contribution in [-0.2, 0) is 9.59 Å². The lowest BCUT2D eigenvalue weighted by Crippen LogP contribution is -2.54. The van der Waals surface area contributed by atoms with Crippen molar-refractivity contribution in [3.05, 3.63) is 124 Å². The number of barbiturate groups is 1. The maximum Gasteiger partial charge on any atom is 0.335 e. The summed E-state index contributed by atoms with van der Waals surface area (Å²) in [4.78, 5) is 44.4. The summed E-state index contributed by atoms with van der Waals surface area (Å²) in [5.41, 5.74) is 6.55. The van der Waals surface area contributed by atoms with E-state index in [0.717, 1.165) is 42.0 Å². The Balaban J connectivity index is 1.37. The smallest absolute Gasteiger partial charge is 0.335 e. The number of hydrogen-bond donors (Lipinski definition) is 1. The summed E-state index contributed by atoms with van der Waals surface area (Å²) in [6.07, 6.45) is 3.31. The molecule has 0 aliphatic carbocycles. The van der Waals surface area contributed by atoms with Gasteiger partial charge in [-0.2, -0.15) is 0 Å². The van der Waals surface area contributed by atoms with Crippen LogP contribution in [-0.4, -0.2) is 44.7 Å². The molecule has 0 aromatic heterocycles. The number of urea groups is 1. The molecule has 8 nitrogen and oxygen atoms in total. The zero-order valence-electron chi connectivity index (χ0n) is 25.9. The fourth-order valence-electron chi connectivity index (χ4n) is 7.06. The van der Waals surface area contributed by atoms with Crippen LogP contribution in [0.2, 0.25) is 0 Å². The number of carbonyl (C=O) groups is 3. The monoisotopic (exact) mass is 613 g/mol. The minimum absolute atomic E-state index is 0.0910. The molecule has 0 saturated carbocycles. The second kappa shape index (κ2) is 12.2. The number of imide groups is 2. The van der Waals surface area contributed by atoms with E-state index in [0.29, 0.717) is 29.4 Å². The highest BCUT2D eigenvalue weighted by atomic mass is 16.5. The van der Waals surface area contributed by atoms with Crippen molar-refractivity contribution in [3.63, 3.8) is 0 Å². The number of methoxy groups -OCH3 is 1. The maximum absolute atomic E-state index is 14.2. The first-order valence-corrected chi connectivity index (χ1v) is 15.7. The quantitative estimate of drug-likeness (QED) is 0.186. The number of nitrogens with one attached hydrogen (secondary N) is 1. The van der Waals surface area contributed by atoms with E-state index < -0.39 is 17.8 Å². The van der Waals surface area contributed by atoms with Crippen LogP contribution in [0.5, 0.6) is 11.5 Å². The zero-order valence-corrected chi connectivity index (χ0v) is 25.9. The van der Waals surface area contributed by atoms with Gasteiger partial charge in [-0.25, -0.2) is 9.69 Å². The summed E-state index contributed by atoms with van der Waals surface area (Å²) in [6.45, 7) is 4.09. The van der Waals surface area contributed by atoms with E-state index in [2.05, 4.69) is 34.5 Å². The van der Waals surface area contributed by atoms with Crippen molar-refractivity contribution in [2.75, 3.05) is 36.6 Å². The molecule has 3 aliphatic heterocycles. The van der Waals surface area contributed by atoms with Crippen LogP contribution in [0.3, 0.4) is 0 Å². The van der Waals surface area contributed by atoms with E-state index in [1.165, 1.54) is 22.9 Å². The number of anilines is 2. The van der Waals surface area contributed by atoms with Crippen LogP contribution in [0.1, 0.15) is 59.4 Å². The third kappa shape index (κ3) is 5.19. The third-order valence-electron chi connectivity index (χ3n) is 9.18. The molecule has 1 saturated heterocycles. The van der Waals surface area contributed by atoms with E-state index in [4.69, 9.17) is 9.47 Å². The van der Waals surface area contributed by atoms with Gasteiger partial charge in [-0.15, -0.1) is 0 Å². The van der Waals surface area contributed by atoms with Gasteiger partial charge < -0.3 is 14.4 Å². The predicted octanol–water partition coefficient (Wildman–Crippen LogP) is 6.64. The summed E-state index contributed by atoms with van der Waals surface area (Å²) in [6, 6.07) is 29.1. The van der Waals surface area contributed by atoms with Crippen molar-refractivity contribution in [2.45, 2.75) is 31.6 Å². The van der Waals surface area contributed by atoms with Crippen molar-refractivity contribution in [3.8, 4) is 11.5 Å². The molecule has 0 radical (unpaired) electrons. The highest BCUT2D eigenvalue weighted by molar-refractivity contribution is 6.39. The van der Waals surface area contributed by atoms with Gasteiger partial charge in [-0.1, -0.05) is 60.7 Å². The van der Waals surface area contributed by atoms with Crippen molar-refractivity contribution in [1.82, 2.24) is 5.32 Å². The molecule has 46 heavy (non-hydrogen) atoms. The standard InChI is InChI=1S/C38H35N3O5/c1-3-46-34-23-28(45-2)15-14-26(34)20-33-36(42)39-38(44)41(37(33)43)27-21-31-29(24-10-6-4-7-11-24)16-18-40-19-17-30(32(22-27)35(31)40)25-12-8-5-9-13-25/h4-15,20-23,29-30H,3,16-19H2,1-2H3,(H,39,42,44)/b33-20+/t29-,30+. The van der Waals surface area contributed by atoms with Crippen LogP contribution in [0.4, 0.5) is 16.2 Å². The first-order valence-electron chi connectivity index (χ1n) is 15.7. The van der Waals surface area contributed by atoms with Gasteiger partial charge in [0.25, 0.3) is 11.8 Å². The number of benzene rings is 4. The van der Waals surface area contributed by atoms with Gasteiger partial charge in [0.2, 0.25) is 0 Å². The number of rotatable bonds is 7. The second-order valence-corrected chi connectivity index (χ2v) is 11.8. The Kier molecular flexibility index (Phi) is 7.78. The Morgan fingerprint density at radius 3 is 2.00 bits per heavy atom. The first-order chi connectivity index (χ1) is 22.5. The van der Waals surface area contributed by atoms with Crippen molar-refractivity contribution >= 4 is 35.3 Å². The third-order valence-corrected chi connectivity index (χ3v) is 9.18. The van der Waals surface area contributed by atoms with E-state index in [9.17, 15) is 14.4 Å². The number of nitrogens with zero attached hydrogens (tertiary/aromatic N) is 2. The number of carbonyl (C=O) groups excluding carboxylic acids is 3. The summed E-state index contributed by atoms with van der Waals surface area (Å²) in [5, 5.41) is 2.41. The molecule has 2 atom stereocenters. The Bertz CT molecular complexity index is 1780. The van der Waals surface area contributed by atoms with Gasteiger partial charge in [0.15, 0.2) is 0 Å². The minimum Gasteiger partial charge on any atom is -0.497 e. The molecular formula is C38H35N3O5. The summed E-state index contributed by atoms with van der Waals surface area (Å²) >= 11 is 0. The summed E-state index contributed by atoms with van der Waals surface area (Å²) < 4.78 is 11.1. The molecule has 4 aromatic rings. The number of hydrogen-bond acceptors (Lipinski definition) is 6. The van der Waals surface area contributed by atoms with Crippen LogP contribution >= 0.6 is 0 Å². The Labute approximate surface area is 268 Å². The molecule has 1 fully saturated rings. The van der Waals surface area contributed by atoms with Gasteiger partial charge in [0.05, 0.1) is 19.4 Å². The lowest BCUT2D eigenvalue weighted by atomic mass is 9.76. The second-order valence-electron chi connectivity index (χ2n) is 11.8. The predicted molar refractivity (Wildman–Crippen MR) is 178 cm³/mol. The Hall–Kier alpha value is -5.37. The zero-order chi connectivity index (χ0) is 31.8. The molecule has 0 spiro atoms. The van der Waals surface area contributed by atoms with Gasteiger partial charge >= 0.3 is 6.03 Å². The molecule has 4 aromatic carbocycles. The molecule has 0 unspecified atom stereocenters. The minimum atomic E-state index is -0.768. The van der Waals surface area contributed by atoms with Crippen LogP contribution in [0.15, 0.2) is 96.6 Å². The van der Waals surface area contributed by atoms with Crippen molar-refractivity contribution in [2.24, 2.45) is 0 Å². The molecular weight excluding hydrogens is 578 g/mol. The van der Waals surface area contributed by atoms with Gasteiger partial charge in [-0.3, -0.25) is 14.9 Å².